The highest BCUT2D eigenvalue weighted by Crippen LogP contribution is 2.20. The van der Waals surface area contributed by atoms with Gasteiger partial charge >= 0.3 is 0 Å². The molecule has 0 aromatic heterocycles. The second kappa shape index (κ2) is 9.64. The number of carbonyl (C=O) groups is 1. The number of hydrogen-bond donors (Lipinski definition) is 1. The van der Waals surface area contributed by atoms with Crippen LogP contribution in [0.4, 0.5) is 5.69 Å². The maximum Gasteiger partial charge on any atom is 0.238 e. The van der Waals surface area contributed by atoms with Crippen molar-refractivity contribution in [1.29, 1.82) is 0 Å². The van der Waals surface area contributed by atoms with E-state index in [-0.39, 0.29) is 5.91 Å². The first-order chi connectivity index (χ1) is 12.7. The van der Waals surface area contributed by atoms with Crippen molar-refractivity contribution in [3.8, 4) is 5.75 Å². The van der Waals surface area contributed by atoms with Crippen molar-refractivity contribution in [3.63, 3.8) is 0 Å². The SMILES string of the molecule is CSc1cccc(NC(=O)CN2CCCC(COc3ccccc3)C2)c1. The Bertz CT molecular complexity index is 708. The summed E-state index contributed by atoms with van der Waals surface area (Å²) in [4.78, 5) is 15.8. The van der Waals surface area contributed by atoms with Crippen LogP contribution >= 0.6 is 11.8 Å². The Morgan fingerprint density at radius 2 is 2.08 bits per heavy atom. The molecule has 5 heteroatoms. The third-order valence-corrected chi connectivity index (χ3v) is 5.28. The van der Waals surface area contributed by atoms with Crippen LogP contribution in [-0.4, -0.2) is 43.3 Å². The largest absolute Gasteiger partial charge is 0.493 e. The number of carbonyl (C=O) groups excluding carboxylic acids is 1. The van der Waals surface area contributed by atoms with Crippen LogP contribution in [0.5, 0.6) is 5.75 Å². The van der Waals surface area contributed by atoms with Gasteiger partial charge in [-0.05, 0) is 56.0 Å². The zero-order valence-corrected chi connectivity index (χ0v) is 16.0. The topological polar surface area (TPSA) is 41.6 Å². The van der Waals surface area contributed by atoms with Crippen molar-refractivity contribution < 1.29 is 9.53 Å². The number of amides is 1. The summed E-state index contributed by atoms with van der Waals surface area (Å²) in [6.45, 7) is 3.02. The van der Waals surface area contributed by atoms with E-state index in [0.717, 1.165) is 42.3 Å². The van der Waals surface area contributed by atoms with Crippen LogP contribution < -0.4 is 10.1 Å². The van der Waals surface area contributed by atoms with E-state index >= 15 is 0 Å². The molecule has 4 nitrogen and oxygen atoms in total. The van der Waals surface area contributed by atoms with Crippen molar-refractivity contribution in [2.24, 2.45) is 5.92 Å². The molecule has 2 aromatic rings. The molecule has 3 rings (SSSR count). The molecule has 138 valence electrons. The molecule has 1 saturated heterocycles. The van der Waals surface area contributed by atoms with Gasteiger partial charge in [-0.25, -0.2) is 0 Å². The second-order valence-electron chi connectivity index (χ2n) is 6.65. The predicted molar refractivity (Wildman–Crippen MR) is 108 cm³/mol. The highest BCUT2D eigenvalue weighted by Gasteiger charge is 2.22. The van der Waals surface area contributed by atoms with Crippen LogP contribution in [0, 0.1) is 5.92 Å². The van der Waals surface area contributed by atoms with Gasteiger partial charge in [0.1, 0.15) is 5.75 Å². The fourth-order valence-electron chi connectivity index (χ4n) is 3.27. The number of benzene rings is 2. The summed E-state index contributed by atoms with van der Waals surface area (Å²) in [6.07, 6.45) is 4.30. The normalized spacial score (nSPS) is 17.7. The van der Waals surface area contributed by atoms with Crippen LogP contribution in [0.25, 0.3) is 0 Å². The molecule has 2 aromatic carbocycles. The minimum Gasteiger partial charge on any atom is -0.493 e. The summed E-state index contributed by atoms with van der Waals surface area (Å²) in [5.41, 5.74) is 0.864. The highest BCUT2D eigenvalue weighted by atomic mass is 32.2. The second-order valence-corrected chi connectivity index (χ2v) is 7.53. The maximum absolute atomic E-state index is 12.4. The Balaban J connectivity index is 1.45. The third-order valence-electron chi connectivity index (χ3n) is 4.55. The number of nitrogens with zero attached hydrogens (tertiary/aromatic N) is 1. The average molecular weight is 371 g/mol. The molecule has 1 heterocycles. The van der Waals surface area contributed by atoms with E-state index < -0.39 is 0 Å². The number of nitrogens with one attached hydrogen (secondary N) is 1. The molecule has 1 fully saturated rings. The van der Waals surface area contributed by atoms with Crippen molar-refractivity contribution in [1.82, 2.24) is 4.90 Å². The first-order valence-electron chi connectivity index (χ1n) is 9.07. The lowest BCUT2D eigenvalue weighted by Gasteiger charge is -2.32. The third kappa shape index (κ3) is 5.78. The smallest absolute Gasteiger partial charge is 0.238 e. The lowest BCUT2D eigenvalue weighted by molar-refractivity contribution is -0.117. The number of piperidine rings is 1. The Labute approximate surface area is 159 Å². The lowest BCUT2D eigenvalue weighted by Crippen LogP contribution is -2.42. The standard InChI is InChI=1S/C21H26N2O2S/c1-26-20-11-5-8-18(13-20)22-21(24)15-23-12-6-7-17(14-23)16-25-19-9-3-2-4-10-19/h2-5,8-11,13,17H,6-7,12,14-16H2,1H3,(H,22,24). The van der Waals surface area contributed by atoms with Gasteiger partial charge in [0.2, 0.25) is 5.91 Å². The van der Waals surface area contributed by atoms with Gasteiger partial charge in [-0.2, -0.15) is 0 Å². The molecule has 1 amide bonds. The number of ether oxygens (including phenoxy) is 1. The monoisotopic (exact) mass is 370 g/mol. The lowest BCUT2D eigenvalue weighted by atomic mass is 9.99. The van der Waals surface area contributed by atoms with Crippen molar-refractivity contribution >= 4 is 23.4 Å². The van der Waals surface area contributed by atoms with Gasteiger partial charge in [-0.3, -0.25) is 9.69 Å². The molecule has 0 radical (unpaired) electrons. The fourth-order valence-corrected chi connectivity index (χ4v) is 3.73. The minimum atomic E-state index is 0.0490. The van der Waals surface area contributed by atoms with Gasteiger partial charge < -0.3 is 10.1 Å². The zero-order valence-electron chi connectivity index (χ0n) is 15.2. The number of para-hydroxylation sites is 1. The van der Waals surface area contributed by atoms with E-state index in [4.69, 9.17) is 4.74 Å². The number of likely N-dealkylation sites (tertiary alicyclic amines) is 1. The summed E-state index contributed by atoms with van der Waals surface area (Å²) in [6, 6.07) is 17.9. The van der Waals surface area contributed by atoms with Crippen LogP contribution in [0.1, 0.15) is 12.8 Å². The van der Waals surface area contributed by atoms with Gasteiger partial charge in [0.05, 0.1) is 13.2 Å². The van der Waals surface area contributed by atoms with Crippen molar-refractivity contribution in [3.05, 3.63) is 54.6 Å². The van der Waals surface area contributed by atoms with E-state index in [9.17, 15) is 4.79 Å². The Hall–Kier alpha value is -1.98. The Kier molecular flexibility index (Phi) is 6.97. The number of rotatable bonds is 7. The highest BCUT2D eigenvalue weighted by molar-refractivity contribution is 7.98. The predicted octanol–water partition coefficient (Wildman–Crippen LogP) is 4.14. The van der Waals surface area contributed by atoms with Crippen molar-refractivity contribution in [2.75, 3.05) is 37.8 Å². The molecule has 1 unspecified atom stereocenters. The van der Waals surface area contributed by atoms with E-state index in [1.54, 1.807) is 11.8 Å². The molecular formula is C21H26N2O2S. The Morgan fingerprint density at radius 3 is 2.88 bits per heavy atom. The minimum absolute atomic E-state index is 0.0490. The van der Waals surface area contributed by atoms with Crippen LogP contribution in [0.2, 0.25) is 0 Å². The molecule has 26 heavy (non-hydrogen) atoms. The van der Waals surface area contributed by atoms with E-state index in [0.29, 0.717) is 19.1 Å². The summed E-state index contributed by atoms with van der Waals surface area (Å²) in [5.74, 6) is 1.43. The van der Waals surface area contributed by atoms with Gasteiger partial charge in [-0.1, -0.05) is 24.3 Å². The fraction of sp³-hybridized carbons (Fsp3) is 0.381. The summed E-state index contributed by atoms with van der Waals surface area (Å²) in [7, 11) is 0. The maximum atomic E-state index is 12.4. The molecule has 1 aliphatic rings. The first-order valence-corrected chi connectivity index (χ1v) is 10.3. The summed E-state index contributed by atoms with van der Waals surface area (Å²) >= 11 is 1.67. The van der Waals surface area contributed by atoms with Crippen LogP contribution in [-0.2, 0) is 4.79 Å². The van der Waals surface area contributed by atoms with Gasteiger partial charge in [-0.15, -0.1) is 11.8 Å². The van der Waals surface area contributed by atoms with Crippen molar-refractivity contribution in [2.45, 2.75) is 17.7 Å². The number of thioether (sulfide) groups is 1. The average Bonchev–Trinajstić information content (AvgIpc) is 2.67. The summed E-state index contributed by atoms with van der Waals surface area (Å²) in [5, 5.41) is 3.01. The molecule has 1 N–H and O–H groups in total. The van der Waals surface area contributed by atoms with E-state index in [1.165, 1.54) is 0 Å². The molecule has 0 aliphatic carbocycles. The zero-order chi connectivity index (χ0) is 18.2. The van der Waals surface area contributed by atoms with E-state index in [2.05, 4.69) is 10.2 Å². The molecule has 0 bridgehead atoms. The van der Waals surface area contributed by atoms with Crippen LogP contribution in [0.3, 0.4) is 0 Å². The molecule has 1 aliphatic heterocycles. The quantitative estimate of drug-likeness (QED) is 0.744. The molecule has 0 saturated carbocycles. The summed E-state index contributed by atoms with van der Waals surface area (Å²) < 4.78 is 5.89. The van der Waals surface area contributed by atoms with E-state index in [1.807, 2.05) is 60.9 Å². The molecule has 1 atom stereocenters. The molecule has 0 spiro atoms. The first kappa shape index (κ1) is 18.8. The van der Waals surface area contributed by atoms with Gasteiger partial charge in [0, 0.05) is 23.0 Å². The number of hydrogen-bond acceptors (Lipinski definition) is 4. The molecular weight excluding hydrogens is 344 g/mol. The Morgan fingerprint density at radius 1 is 1.23 bits per heavy atom. The van der Waals surface area contributed by atoms with Crippen LogP contribution in [0.15, 0.2) is 59.5 Å². The van der Waals surface area contributed by atoms with Gasteiger partial charge in [0.15, 0.2) is 0 Å². The number of anilines is 1. The van der Waals surface area contributed by atoms with Gasteiger partial charge in [0.25, 0.3) is 0 Å².